The molecule has 3 aromatic rings. The van der Waals surface area contributed by atoms with Gasteiger partial charge in [0, 0.05) is 12.1 Å². The average molecular weight is 320 g/mol. The molecule has 4 heterocycles. The zero-order chi connectivity index (χ0) is 15.9. The van der Waals surface area contributed by atoms with Gasteiger partial charge in [0.15, 0.2) is 5.58 Å². The molecular weight excluding hydrogens is 300 g/mol. The summed E-state index contributed by atoms with van der Waals surface area (Å²) in [5.74, 6) is 2.31. The quantitative estimate of drug-likeness (QED) is 0.732. The Kier molecular flexibility index (Phi) is 3.30. The lowest BCUT2D eigenvalue weighted by molar-refractivity contribution is -0.00775. The Morgan fingerprint density at radius 1 is 1.00 bits per heavy atom. The van der Waals surface area contributed by atoms with E-state index in [2.05, 4.69) is 9.88 Å². The molecule has 3 fully saturated rings. The highest BCUT2D eigenvalue weighted by Crippen LogP contribution is 2.31. The number of para-hydroxylation sites is 2. The lowest BCUT2D eigenvalue weighted by atomic mass is 9.86. The van der Waals surface area contributed by atoms with E-state index in [0.717, 1.165) is 29.0 Å². The van der Waals surface area contributed by atoms with Crippen LogP contribution in [-0.2, 0) is 0 Å². The SMILES string of the molecule is c1ccc2oc(-c3ccc(OC4CN5CCC4CC5)cc3)nc2c1. The summed E-state index contributed by atoms with van der Waals surface area (Å²) in [5.41, 5.74) is 2.69. The number of benzene rings is 2. The standard InChI is InChI=1S/C20H20N2O2/c1-2-4-18-17(3-1)21-20(24-18)15-5-7-16(8-6-15)23-19-13-22-11-9-14(19)10-12-22/h1-8,14,19H,9-13H2. The number of rotatable bonds is 3. The summed E-state index contributed by atoms with van der Waals surface area (Å²) in [7, 11) is 0. The lowest BCUT2D eigenvalue weighted by Gasteiger charge is -2.44. The molecule has 2 bridgehead atoms. The first kappa shape index (κ1) is 14.1. The highest BCUT2D eigenvalue weighted by molar-refractivity contribution is 5.76. The predicted molar refractivity (Wildman–Crippen MR) is 93.0 cm³/mol. The van der Waals surface area contributed by atoms with E-state index < -0.39 is 0 Å². The zero-order valence-electron chi connectivity index (χ0n) is 13.5. The average Bonchev–Trinajstić information content (AvgIpc) is 3.07. The molecular formula is C20H20N2O2. The van der Waals surface area contributed by atoms with Gasteiger partial charge in [0.05, 0.1) is 0 Å². The number of nitrogens with zero attached hydrogens (tertiary/aromatic N) is 2. The Labute approximate surface area is 141 Å². The van der Waals surface area contributed by atoms with Gasteiger partial charge in [0.1, 0.15) is 17.4 Å². The second kappa shape index (κ2) is 5.64. The Morgan fingerprint density at radius 3 is 2.50 bits per heavy atom. The summed E-state index contributed by atoms with van der Waals surface area (Å²) >= 11 is 0. The van der Waals surface area contributed by atoms with Gasteiger partial charge in [-0.1, -0.05) is 12.1 Å². The molecule has 3 saturated heterocycles. The summed E-state index contributed by atoms with van der Waals surface area (Å²) in [5, 5.41) is 0. The molecule has 1 unspecified atom stereocenters. The van der Waals surface area contributed by atoms with Crippen LogP contribution in [0.15, 0.2) is 52.9 Å². The maximum atomic E-state index is 6.25. The van der Waals surface area contributed by atoms with Crippen LogP contribution in [0, 0.1) is 5.92 Å². The summed E-state index contributed by atoms with van der Waals surface area (Å²) < 4.78 is 12.1. The number of hydrogen-bond donors (Lipinski definition) is 0. The smallest absolute Gasteiger partial charge is 0.227 e. The van der Waals surface area contributed by atoms with Crippen molar-refractivity contribution < 1.29 is 9.15 Å². The van der Waals surface area contributed by atoms with Gasteiger partial charge in [0.25, 0.3) is 0 Å². The molecule has 1 atom stereocenters. The van der Waals surface area contributed by atoms with Crippen molar-refractivity contribution in [3.05, 3.63) is 48.5 Å². The molecule has 0 N–H and O–H groups in total. The Bertz CT molecular complexity index is 814. The lowest BCUT2D eigenvalue weighted by Crippen LogP contribution is -2.52. The number of piperidine rings is 3. The summed E-state index contributed by atoms with van der Waals surface area (Å²) in [6.07, 6.45) is 2.87. The van der Waals surface area contributed by atoms with Gasteiger partial charge in [0.2, 0.25) is 5.89 Å². The van der Waals surface area contributed by atoms with E-state index in [1.54, 1.807) is 0 Å². The fourth-order valence-electron chi connectivity index (χ4n) is 3.89. The van der Waals surface area contributed by atoms with Gasteiger partial charge in [-0.3, -0.25) is 4.90 Å². The maximum Gasteiger partial charge on any atom is 0.227 e. The molecule has 0 aliphatic carbocycles. The molecule has 3 aliphatic heterocycles. The second-order valence-electron chi connectivity index (χ2n) is 6.81. The van der Waals surface area contributed by atoms with E-state index in [4.69, 9.17) is 9.15 Å². The normalized spacial score (nSPS) is 25.9. The van der Waals surface area contributed by atoms with Crippen LogP contribution in [0.1, 0.15) is 12.8 Å². The van der Waals surface area contributed by atoms with Crippen LogP contribution in [0.25, 0.3) is 22.6 Å². The fourth-order valence-corrected chi connectivity index (χ4v) is 3.89. The first-order valence-corrected chi connectivity index (χ1v) is 8.70. The molecule has 122 valence electrons. The molecule has 24 heavy (non-hydrogen) atoms. The monoisotopic (exact) mass is 320 g/mol. The Hall–Kier alpha value is -2.33. The summed E-state index contributed by atoms with van der Waals surface area (Å²) in [6, 6.07) is 16.0. The minimum absolute atomic E-state index is 0.336. The number of ether oxygens (including phenoxy) is 1. The largest absolute Gasteiger partial charge is 0.489 e. The van der Waals surface area contributed by atoms with E-state index in [1.165, 1.54) is 25.9 Å². The zero-order valence-corrected chi connectivity index (χ0v) is 13.5. The summed E-state index contributed by atoms with van der Waals surface area (Å²) in [6.45, 7) is 3.54. The van der Waals surface area contributed by atoms with Crippen molar-refractivity contribution in [1.29, 1.82) is 0 Å². The number of aromatic nitrogens is 1. The van der Waals surface area contributed by atoms with Gasteiger partial charge in [-0.05, 0) is 68.2 Å². The van der Waals surface area contributed by atoms with Crippen molar-refractivity contribution in [1.82, 2.24) is 9.88 Å². The van der Waals surface area contributed by atoms with E-state index in [0.29, 0.717) is 17.9 Å². The van der Waals surface area contributed by atoms with Crippen molar-refractivity contribution in [3.63, 3.8) is 0 Å². The van der Waals surface area contributed by atoms with E-state index >= 15 is 0 Å². The number of fused-ring (bicyclic) bond motifs is 4. The molecule has 0 amide bonds. The van der Waals surface area contributed by atoms with E-state index in [-0.39, 0.29) is 0 Å². The third-order valence-electron chi connectivity index (χ3n) is 5.28. The number of oxazole rings is 1. The molecule has 2 aromatic carbocycles. The summed E-state index contributed by atoms with van der Waals surface area (Å²) in [4.78, 5) is 7.06. The van der Waals surface area contributed by atoms with Crippen molar-refractivity contribution in [3.8, 4) is 17.2 Å². The van der Waals surface area contributed by atoms with Gasteiger partial charge in [-0.2, -0.15) is 0 Å². The van der Waals surface area contributed by atoms with Crippen LogP contribution >= 0.6 is 0 Å². The van der Waals surface area contributed by atoms with Crippen molar-refractivity contribution in [2.75, 3.05) is 19.6 Å². The van der Waals surface area contributed by atoms with Crippen LogP contribution in [0.4, 0.5) is 0 Å². The molecule has 3 aliphatic rings. The first-order valence-electron chi connectivity index (χ1n) is 8.70. The molecule has 4 nitrogen and oxygen atoms in total. The molecule has 4 heteroatoms. The third-order valence-corrected chi connectivity index (χ3v) is 5.28. The Balaban J connectivity index is 1.35. The van der Waals surface area contributed by atoms with Gasteiger partial charge in [-0.25, -0.2) is 4.98 Å². The van der Waals surface area contributed by atoms with Crippen molar-refractivity contribution >= 4 is 11.1 Å². The van der Waals surface area contributed by atoms with Crippen LogP contribution in [0.3, 0.4) is 0 Å². The number of hydrogen-bond acceptors (Lipinski definition) is 4. The molecule has 0 radical (unpaired) electrons. The van der Waals surface area contributed by atoms with Crippen LogP contribution < -0.4 is 4.74 Å². The van der Waals surface area contributed by atoms with E-state index in [9.17, 15) is 0 Å². The predicted octanol–water partition coefficient (Wildman–Crippen LogP) is 3.97. The van der Waals surface area contributed by atoms with Crippen LogP contribution in [0.5, 0.6) is 5.75 Å². The fraction of sp³-hybridized carbons (Fsp3) is 0.350. The highest BCUT2D eigenvalue weighted by Gasteiger charge is 2.35. The third kappa shape index (κ3) is 2.47. The minimum Gasteiger partial charge on any atom is -0.489 e. The van der Waals surface area contributed by atoms with Crippen LogP contribution in [0.2, 0.25) is 0 Å². The minimum atomic E-state index is 0.336. The topological polar surface area (TPSA) is 38.5 Å². The maximum absolute atomic E-state index is 6.25. The Morgan fingerprint density at radius 2 is 1.79 bits per heavy atom. The highest BCUT2D eigenvalue weighted by atomic mass is 16.5. The van der Waals surface area contributed by atoms with Crippen LogP contribution in [-0.4, -0.2) is 35.6 Å². The molecule has 0 spiro atoms. The molecule has 1 aromatic heterocycles. The van der Waals surface area contributed by atoms with Crippen molar-refractivity contribution in [2.45, 2.75) is 18.9 Å². The van der Waals surface area contributed by atoms with E-state index in [1.807, 2.05) is 48.5 Å². The molecule has 0 saturated carbocycles. The van der Waals surface area contributed by atoms with Gasteiger partial charge >= 0.3 is 0 Å². The van der Waals surface area contributed by atoms with Crippen molar-refractivity contribution in [2.24, 2.45) is 5.92 Å². The first-order chi connectivity index (χ1) is 11.8. The molecule has 6 rings (SSSR count). The van der Waals surface area contributed by atoms with Gasteiger partial charge < -0.3 is 9.15 Å². The van der Waals surface area contributed by atoms with Gasteiger partial charge in [-0.15, -0.1) is 0 Å². The second-order valence-corrected chi connectivity index (χ2v) is 6.81.